The quantitative estimate of drug-likeness (QED) is 0.797. The first-order valence-electron chi connectivity index (χ1n) is 7.39. The van der Waals surface area contributed by atoms with Crippen molar-refractivity contribution in [3.05, 3.63) is 35.4 Å². The predicted octanol–water partition coefficient (Wildman–Crippen LogP) is 3.45. The molecule has 1 fully saturated rings. The van der Waals surface area contributed by atoms with Crippen LogP contribution in [0.4, 0.5) is 13.2 Å². The van der Waals surface area contributed by atoms with Crippen molar-refractivity contribution in [3.63, 3.8) is 0 Å². The van der Waals surface area contributed by atoms with Crippen molar-refractivity contribution in [1.29, 1.82) is 0 Å². The van der Waals surface area contributed by atoms with Gasteiger partial charge >= 0.3 is 12.1 Å². The number of nitrogens with zero attached hydrogens (tertiary/aromatic N) is 1. The molecule has 122 valence electrons. The second-order valence-corrected chi connectivity index (χ2v) is 5.56. The van der Waals surface area contributed by atoms with Gasteiger partial charge in [0.05, 0.1) is 18.6 Å². The Labute approximate surface area is 128 Å². The molecule has 0 N–H and O–H groups in total. The van der Waals surface area contributed by atoms with Gasteiger partial charge in [-0.2, -0.15) is 13.2 Å². The number of hydrogen-bond donors (Lipinski definition) is 0. The lowest BCUT2D eigenvalue weighted by atomic mass is 9.95. The van der Waals surface area contributed by atoms with Gasteiger partial charge in [0, 0.05) is 6.54 Å². The third kappa shape index (κ3) is 4.22. The molecule has 0 aromatic heterocycles. The summed E-state index contributed by atoms with van der Waals surface area (Å²) in [4.78, 5) is 14.1. The van der Waals surface area contributed by atoms with E-state index in [4.69, 9.17) is 4.74 Å². The third-order valence-electron chi connectivity index (χ3n) is 3.99. The number of benzene rings is 1. The lowest BCUT2D eigenvalue weighted by Gasteiger charge is -2.29. The number of carbonyl (C=O) groups is 1. The Hall–Kier alpha value is -1.56. The van der Waals surface area contributed by atoms with Crippen LogP contribution >= 0.6 is 0 Å². The van der Waals surface area contributed by atoms with Crippen molar-refractivity contribution in [2.24, 2.45) is 0 Å². The molecule has 0 amide bonds. The maximum absolute atomic E-state index is 12.8. The van der Waals surface area contributed by atoms with Gasteiger partial charge in [0.25, 0.3) is 0 Å². The number of hydrogen-bond acceptors (Lipinski definition) is 3. The van der Waals surface area contributed by atoms with Gasteiger partial charge in [0.15, 0.2) is 0 Å². The number of likely N-dealkylation sites (tertiary alicyclic amines) is 1. The van der Waals surface area contributed by atoms with Gasteiger partial charge in [-0.05, 0) is 37.6 Å². The van der Waals surface area contributed by atoms with Crippen molar-refractivity contribution in [3.8, 4) is 0 Å². The van der Waals surface area contributed by atoms with Gasteiger partial charge in [0.1, 0.15) is 0 Å². The summed E-state index contributed by atoms with van der Waals surface area (Å²) in [6.07, 6.45) is -1.16. The number of rotatable bonds is 4. The summed E-state index contributed by atoms with van der Waals surface area (Å²) in [5.41, 5.74) is -0.384. The Morgan fingerprint density at radius 3 is 2.55 bits per heavy atom. The first-order valence-corrected chi connectivity index (χ1v) is 7.39. The number of methoxy groups -OCH3 is 1. The van der Waals surface area contributed by atoms with Crippen LogP contribution in [-0.2, 0) is 15.7 Å². The van der Waals surface area contributed by atoms with Gasteiger partial charge in [-0.25, -0.2) is 0 Å². The molecular formula is C16H20F3NO2. The normalized spacial score (nSPS) is 18.0. The van der Waals surface area contributed by atoms with E-state index in [9.17, 15) is 18.0 Å². The lowest BCUT2D eigenvalue weighted by Crippen LogP contribution is -2.36. The average molecular weight is 315 g/mol. The summed E-state index contributed by atoms with van der Waals surface area (Å²) in [5, 5.41) is 0. The minimum atomic E-state index is -4.41. The van der Waals surface area contributed by atoms with E-state index in [1.165, 1.54) is 13.2 Å². The topological polar surface area (TPSA) is 29.5 Å². The van der Waals surface area contributed by atoms with Crippen molar-refractivity contribution < 1.29 is 22.7 Å². The van der Waals surface area contributed by atoms with Crippen LogP contribution in [0.5, 0.6) is 0 Å². The molecule has 1 unspecified atom stereocenters. The third-order valence-corrected chi connectivity index (χ3v) is 3.99. The second kappa shape index (κ2) is 7.13. The summed E-state index contributed by atoms with van der Waals surface area (Å²) in [6, 6.07) is 4.95. The Morgan fingerprint density at radius 2 is 1.95 bits per heavy atom. The number of ether oxygens (including phenoxy) is 1. The van der Waals surface area contributed by atoms with Crippen molar-refractivity contribution >= 4 is 5.97 Å². The molecule has 2 rings (SSSR count). The highest BCUT2D eigenvalue weighted by atomic mass is 19.4. The van der Waals surface area contributed by atoms with Crippen molar-refractivity contribution in [1.82, 2.24) is 4.90 Å². The maximum Gasteiger partial charge on any atom is 0.416 e. The second-order valence-electron chi connectivity index (χ2n) is 5.56. The Balaban J connectivity index is 2.23. The van der Waals surface area contributed by atoms with E-state index in [-0.39, 0.29) is 0 Å². The van der Waals surface area contributed by atoms with E-state index >= 15 is 0 Å². The molecule has 0 radical (unpaired) electrons. The maximum atomic E-state index is 12.8. The van der Waals surface area contributed by atoms with E-state index < -0.39 is 23.6 Å². The summed E-state index contributed by atoms with van der Waals surface area (Å²) < 4.78 is 43.3. The molecule has 1 saturated heterocycles. The average Bonchev–Trinajstić information content (AvgIpc) is 2.52. The number of carbonyl (C=O) groups excluding carboxylic acids is 1. The van der Waals surface area contributed by atoms with E-state index in [1.54, 1.807) is 6.07 Å². The van der Waals surface area contributed by atoms with E-state index in [0.29, 0.717) is 12.1 Å². The van der Waals surface area contributed by atoms with Gasteiger partial charge in [-0.15, -0.1) is 0 Å². The highest BCUT2D eigenvalue weighted by molar-refractivity contribution is 5.78. The smallest absolute Gasteiger partial charge is 0.416 e. The Morgan fingerprint density at radius 1 is 1.27 bits per heavy atom. The summed E-state index contributed by atoms with van der Waals surface area (Å²) in [5.74, 6) is -1.18. The Bertz CT molecular complexity index is 510. The zero-order chi connectivity index (χ0) is 16.2. The van der Waals surface area contributed by atoms with Crippen LogP contribution in [0.1, 0.15) is 36.3 Å². The van der Waals surface area contributed by atoms with Crippen LogP contribution in [0, 0.1) is 0 Å². The number of esters is 1. The molecule has 1 aromatic rings. The van der Waals surface area contributed by atoms with E-state index in [0.717, 1.165) is 44.5 Å². The molecule has 1 atom stereocenters. The summed E-state index contributed by atoms with van der Waals surface area (Å²) >= 11 is 0. The first-order chi connectivity index (χ1) is 10.4. The minimum Gasteiger partial charge on any atom is -0.469 e. The van der Waals surface area contributed by atoms with Crippen LogP contribution in [0.2, 0.25) is 0 Å². The molecule has 6 heteroatoms. The van der Waals surface area contributed by atoms with Crippen LogP contribution in [0.25, 0.3) is 0 Å². The van der Waals surface area contributed by atoms with Crippen LogP contribution in [-0.4, -0.2) is 37.6 Å². The van der Waals surface area contributed by atoms with E-state index in [1.807, 2.05) is 0 Å². The van der Waals surface area contributed by atoms with Crippen LogP contribution < -0.4 is 0 Å². The molecule has 1 heterocycles. The minimum absolute atomic E-state index is 0.354. The molecule has 0 saturated carbocycles. The van der Waals surface area contributed by atoms with Gasteiger partial charge in [-0.1, -0.05) is 24.6 Å². The predicted molar refractivity (Wildman–Crippen MR) is 76.5 cm³/mol. The van der Waals surface area contributed by atoms with E-state index in [2.05, 4.69) is 4.90 Å². The van der Waals surface area contributed by atoms with Crippen molar-refractivity contribution in [2.75, 3.05) is 26.7 Å². The molecular weight excluding hydrogens is 295 g/mol. The molecule has 0 bridgehead atoms. The summed E-state index contributed by atoms with van der Waals surface area (Å²) in [6.45, 7) is 2.13. The molecule has 0 spiro atoms. The van der Waals surface area contributed by atoms with Gasteiger partial charge in [-0.3, -0.25) is 4.79 Å². The molecule has 1 aliphatic rings. The monoisotopic (exact) mass is 315 g/mol. The number of alkyl halides is 3. The van der Waals surface area contributed by atoms with Gasteiger partial charge < -0.3 is 9.64 Å². The zero-order valence-electron chi connectivity index (χ0n) is 12.5. The number of halogens is 3. The highest BCUT2D eigenvalue weighted by Crippen LogP contribution is 2.31. The SMILES string of the molecule is COC(=O)C(CN1CCCCC1)c1cccc(C(F)(F)F)c1. The Kier molecular flexibility index (Phi) is 5.45. The molecule has 22 heavy (non-hydrogen) atoms. The largest absolute Gasteiger partial charge is 0.469 e. The molecule has 1 aliphatic heterocycles. The first kappa shape index (κ1) is 16.8. The van der Waals surface area contributed by atoms with Gasteiger partial charge in [0.2, 0.25) is 0 Å². The molecule has 1 aromatic carbocycles. The van der Waals surface area contributed by atoms with Crippen LogP contribution in [0.3, 0.4) is 0 Å². The standard InChI is InChI=1S/C16H20F3NO2/c1-22-15(21)14(11-20-8-3-2-4-9-20)12-6-5-7-13(10-12)16(17,18)19/h5-7,10,14H,2-4,8-9,11H2,1H3. The fourth-order valence-electron chi connectivity index (χ4n) is 2.79. The van der Waals surface area contributed by atoms with Crippen LogP contribution in [0.15, 0.2) is 24.3 Å². The molecule has 0 aliphatic carbocycles. The fraction of sp³-hybridized carbons (Fsp3) is 0.562. The number of piperidine rings is 1. The highest BCUT2D eigenvalue weighted by Gasteiger charge is 2.32. The zero-order valence-corrected chi connectivity index (χ0v) is 12.5. The van der Waals surface area contributed by atoms with Crippen molar-refractivity contribution in [2.45, 2.75) is 31.4 Å². The molecule has 3 nitrogen and oxygen atoms in total. The lowest BCUT2D eigenvalue weighted by molar-refractivity contribution is -0.143. The summed E-state index contributed by atoms with van der Waals surface area (Å²) in [7, 11) is 1.26. The fourth-order valence-corrected chi connectivity index (χ4v) is 2.79.